The summed E-state index contributed by atoms with van der Waals surface area (Å²) in [6, 6.07) is 6.21. The number of sulfonamides is 1. The fourth-order valence-electron chi connectivity index (χ4n) is 1.63. The molecular formula is C14H19BrN2O5S. The highest BCUT2D eigenvalue weighted by molar-refractivity contribution is 9.10. The van der Waals surface area contributed by atoms with Crippen molar-refractivity contribution < 1.29 is 22.7 Å². The monoisotopic (exact) mass is 406 g/mol. The number of ether oxygens (including phenoxy) is 1. The number of hydrogen-bond acceptors (Lipinski definition) is 5. The molecule has 0 aliphatic rings. The Morgan fingerprint density at radius 2 is 2.04 bits per heavy atom. The molecule has 1 aromatic rings. The minimum atomic E-state index is -3.70. The molecule has 1 aromatic carbocycles. The number of likely N-dealkylation sites (N-methyl/N-ethyl adjacent to an activating group) is 1. The SMILES string of the molecule is CCNC(=O)[C@H](C)OC(=O)CCNS(=O)(=O)c1cccc(Br)c1. The molecule has 0 unspecified atom stereocenters. The van der Waals surface area contributed by atoms with Crippen LogP contribution in [-0.4, -0.2) is 39.5 Å². The van der Waals surface area contributed by atoms with Gasteiger partial charge in [-0.15, -0.1) is 0 Å². The second-order valence-corrected chi connectivity index (χ2v) is 7.31. The minimum Gasteiger partial charge on any atom is -0.453 e. The topological polar surface area (TPSA) is 102 Å². The Balaban J connectivity index is 2.47. The van der Waals surface area contributed by atoms with Crippen molar-refractivity contribution in [3.05, 3.63) is 28.7 Å². The first-order chi connectivity index (χ1) is 10.8. The molecule has 0 aromatic heterocycles. The van der Waals surface area contributed by atoms with E-state index in [-0.39, 0.29) is 17.9 Å². The van der Waals surface area contributed by atoms with Gasteiger partial charge in [-0.05, 0) is 32.0 Å². The quantitative estimate of drug-likeness (QED) is 0.631. The van der Waals surface area contributed by atoms with Gasteiger partial charge in [-0.1, -0.05) is 22.0 Å². The maximum atomic E-state index is 12.0. The van der Waals surface area contributed by atoms with E-state index in [0.717, 1.165) is 0 Å². The van der Waals surface area contributed by atoms with Gasteiger partial charge in [-0.3, -0.25) is 9.59 Å². The highest BCUT2D eigenvalue weighted by Crippen LogP contribution is 2.15. The first-order valence-electron chi connectivity index (χ1n) is 6.98. The summed E-state index contributed by atoms with van der Waals surface area (Å²) in [6.07, 6.45) is -1.08. The van der Waals surface area contributed by atoms with Crippen LogP contribution in [0.1, 0.15) is 20.3 Å². The Bertz CT molecular complexity index is 663. The first kappa shape index (κ1) is 19.6. The van der Waals surface area contributed by atoms with E-state index < -0.39 is 28.0 Å². The molecule has 0 radical (unpaired) electrons. The smallest absolute Gasteiger partial charge is 0.307 e. The van der Waals surface area contributed by atoms with Crippen LogP contribution in [0.5, 0.6) is 0 Å². The van der Waals surface area contributed by atoms with Crippen LogP contribution in [0, 0.1) is 0 Å². The number of carbonyl (C=O) groups is 2. The Kier molecular flexibility index (Phi) is 7.66. The molecule has 1 rings (SSSR count). The summed E-state index contributed by atoms with van der Waals surface area (Å²) in [5.41, 5.74) is 0. The van der Waals surface area contributed by atoms with E-state index in [1.165, 1.54) is 19.1 Å². The number of hydrogen-bond donors (Lipinski definition) is 2. The Morgan fingerprint density at radius 1 is 1.35 bits per heavy atom. The Morgan fingerprint density at radius 3 is 2.65 bits per heavy atom. The maximum Gasteiger partial charge on any atom is 0.307 e. The molecule has 9 heteroatoms. The second kappa shape index (κ2) is 8.99. The fraction of sp³-hybridized carbons (Fsp3) is 0.429. The molecule has 0 saturated carbocycles. The second-order valence-electron chi connectivity index (χ2n) is 4.63. The normalized spacial score (nSPS) is 12.5. The molecule has 23 heavy (non-hydrogen) atoms. The maximum absolute atomic E-state index is 12.0. The molecule has 0 aliphatic heterocycles. The third-order valence-electron chi connectivity index (χ3n) is 2.76. The summed E-state index contributed by atoms with van der Waals surface area (Å²) in [7, 11) is -3.70. The van der Waals surface area contributed by atoms with Crippen molar-refractivity contribution in [1.29, 1.82) is 0 Å². The van der Waals surface area contributed by atoms with Gasteiger partial charge in [0, 0.05) is 17.6 Å². The van der Waals surface area contributed by atoms with E-state index in [0.29, 0.717) is 11.0 Å². The number of rotatable bonds is 8. The summed E-state index contributed by atoms with van der Waals surface area (Å²) in [4.78, 5) is 23.1. The average molecular weight is 407 g/mol. The van der Waals surface area contributed by atoms with E-state index >= 15 is 0 Å². The summed E-state index contributed by atoms with van der Waals surface area (Å²) in [6.45, 7) is 3.53. The van der Waals surface area contributed by atoms with Crippen LogP contribution in [0.3, 0.4) is 0 Å². The van der Waals surface area contributed by atoms with Crippen molar-refractivity contribution in [2.75, 3.05) is 13.1 Å². The molecule has 7 nitrogen and oxygen atoms in total. The number of esters is 1. The van der Waals surface area contributed by atoms with Crippen molar-refractivity contribution in [2.24, 2.45) is 0 Å². The van der Waals surface area contributed by atoms with Crippen LogP contribution >= 0.6 is 15.9 Å². The molecule has 0 heterocycles. The fourth-order valence-corrected chi connectivity index (χ4v) is 3.26. The van der Waals surface area contributed by atoms with Crippen LogP contribution in [-0.2, 0) is 24.3 Å². The Hall–Kier alpha value is -1.45. The van der Waals surface area contributed by atoms with E-state index in [1.54, 1.807) is 19.1 Å². The third-order valence-corrected chi connectivity index (χ3v) is 4.71. The molecule has 0 spiro atoms. The zero-order valence-corrected chi connectivity index (χ0v) is 15.2. The summed E-state index contributed by atoms with van der Waals surface area (Å²) < 4.78 is 31.9. The molecular weight excluding hydrogens is 388 g/mol. The van der Waals surface area contributed by atoms with Crippen molar-refractivity contribution in [3.63, 3.8) is 0 Å². The summed E-state index contributed by atoms with van der Waals surface area (Å²) in [5, 5.41) is 2.53. The zero-order chi connectivity index (χ0) is 17.5. The van der Waals surface area contributed by atoms with E-state index in [9.17, 15) is 18.0 Å². The lowest BCUT2D eigenvalue weighted by molar-refractivity contribution is -0.154. The van der Waals surface area contributed by atoms with Gasteiger partial charge in [0.05, 0.1) is 11.3 Å². The highest BCUT2D eigenvalue weighted by atomic mass is 79.9. The van der Waals surface area contributed by atoms with Crippen LogP contribution in [0.2, 0.25) is 0 Å². The molecule has 0 saturated heterocycles. The lowest BCUT2D eigenvalue weighted by Crippen LogP contribution is -2.36. The van der Waals surface area contributed by atoms with Gasteiger partial charge >= 0.3 is 5.97 Å². The van der Waals surface area contributed by atoms with Gasteiger partial charge < -0.3 is 10.1 Å². The number of benzene rings is 1. The molecule has 128 valence electrons. The number of halogens is 1. The third kappa shape index (κ3) is 6.67. The van der Waals surface area contributed by atoms with Gasteiger partial charge in [0.25, 0.3) is 5.91 Å². The van der Waals surface area contributed by atoms with Crippen molar-refractivity contribution in [1.82, 2.24) is 10.0 Å². The predicted molar refractivity (Wildman–Crippen MR) is 88.2 cm³/mol. The van der Waals surface area contributed by atoms with Gasteiger partial charge in [0.15, 0.2) is 6.10 Å². The van der Waals surface area contributed by atoms with Crippen LogP contribution in [0.25, 0.3) is 0 Å². The average Bonchev–Trinajstić information content (AvgIpc) is 2.47. The standard InChI is InChI=1S/C14H19BrN2O5S/c1-3-16-14(19)10(2)22-13(18)7-8-17-23(20,21)12-6-4-5-11(15)9-12/h4-6,9-10,17H,3,7-8H2,1-2H3,(H,16,19)/t10-/m0/s1. The lowest BCUT2D eigenvalue weighted by Gasteiger charge is -2.13. The summed E-state index contributed by atoms with van der Waals surface area (Å²) >= 11 is 3.20. The van der Waals surface area contributed by atoms with E-state index in [2.05, 4.69) is 26.0 Å². The van der Waals surface area contributed by atoms with Crippen LogP contribution < -0.4 is 10.0 Å². The molecule has 2 N–H and O–H groups in total. The predicted octanol–water partition coefficient (Wildman–Crippen LogP) is 1.19. The van der Waals surface area contributed by atoms with Crippen molar-refractivity contribution in [2.45, 2.75) is 31.3 Å². The molecule has 1 amide bonds. The van der Waals surface area contributed by atoms with Crippen LogP contribution in [0.15, 0.2) is 33.6 Å². The summed E-state index contributed by atoms with van der Waals surface area (Å²) in [5.74, 6) is -1.05. The largest absolute Gasteiger partial charge is 0.453 e. The van der Waals surface area contributed by atoms with Gasteiger partial charge in [-0.2, -0.15) is 0 Å². The van der Waals surface area contributed by atoms with Crippen molar-refractivity contribution >= 4 is 37.8 Å². The van der Waals surface area contributed by atoms with Gasteiger partial charge in [0.1, 0.15) is 0 Å². The van der Waals surface area contributed by atoms with Crippen LogP contribution in [0.4, 0.5) is 0 Å². The first-order valence-corrected chi connectivity index (χ1v) is 9.26. The lowest BCUT2D eigenvalue weighted by atomic mass is 10.3. The zero-order valence-electron chi connectivity index (χ0n) is 12.8. The number of amides is 1. The number of carbonyl (C=O) groups excluding carboxylic acids is 2. The van der Waals surface area contributed by atoms with Gasteiger partial charge in [0.2, 0.25) is 10.0 Å². The molecule has 1 atom stereocenters. The minimum absolute atomic E-state index is 0.0935. The van der Waals surface area contributed by atoms with E-state index in [4.69, 9.17) is 4.74 Å². The molecule has 0 aliphatic carbocycles. The Labute approximate surface area is 144 Å². The molecule has 0 bridgehead atoms. The van der Waals surface area contributed by atoms with E-state index in [1.807, 2.05) is 0 Å². The number of nitrogens with one attached hydrogen (secondary N) is 2. The molecule has 0 fully saturated rings. The highest BCUT2D eigenvalue weighted by Gasteiger charge is 2.18. The van der Waals surface area contributed by atoms with Gasteiger partial charge in [-0.25, -0.2) is 13.1 Å². The van der Waals surface area contributed by atoms with Crippen molar-refractivity contribution in [3.8, 4) is 0 Å².